The summed E-state index contributed by atoms with van der Waals surface area (Å²) in [5.41, 5.74) is 2.49. The van der Waals surface area contributed by atoms with Crippen molar-refractivity contribution in [2.24, 2.45) is 0 Å². The molecular weight excluding hydrogens is 428 g/mol. The predicted octanol–water partition coefficient (Wildman–Crippen LogP) is 3.11. The molecule has 1 fully saturated rings. The fourth-order valence-corrected chi connectivity index (χ4v) is 4.21. The molecular formula is C23H22N4O4S. The molecule has 0 bridgehead atoms. The number of nitrogens with one attached hydrogen (secondary N) is 1. The van der Waals surface area contributed by atoms with Crippen LogP contribution in [0.5, 0.6) is 0 Å². The van der Waals surface area contributed by atoms with Crippen molar-refractivity contribution in [2.75, 3.05) is 13.2 Å². The fourth-order valence-electron chi connectivity index (χ4n) is 3.90. The summed E-state index contributed by atoms with van der Waals surface area (Å²) in [7, 11) is 0. The van der Waals surface area contributed by atoms with Crippen LogP contribution in [0.2, 0.25) is 0 Å². The third-order valence-corrected chi connectivity index (χ3v) is 5.61. The molecule has 0 saturated carbocycles. The van der Waals surface area contributed by atoms with Crippen LogP contribution in [-0.4, -0.2) is 49.8 Å². The number of hydrogen-bond donors (Lipinski definition) is 2. The Labute approximate surface area is 190 Å². The van der Waals surface area contributed by atoms with Crippen LogP contribution in [0.15, 0.2) is 67.0 Å². The van der Waals surface area contributed by atoms with Gasteiger partial charge in [0.05, 0.1) is 29.9 Å². The molecule has 8 nitrogen and oxygen atoms in total. The smallest absolute Gasteiger partial charge is 0.335 e. The molecule has 9 heteroatoms. The summed E-state index contributed by atoms with van der Waals surface area (Å²) in [5, 5.41) is 13.1. The molecule has 2 aromatic heterocycles. The highest BCUT2D eigenvalue weighted by Gasteiger charge is 2.42. The molecule has 1 saturated heterocycles. The molecule has 0 unspecified atom stereocenters. The van der Waals surface area contributed by atoms with E-state index in [1.165, 1.54) is 0 Å². The van der Waals surface area contributed by atoms with E-state index in [4.69, 9.17) is 17.0 Å². The molecule has 3 heterocycles. The van der Waals surface area contributed by atoms with Crippen LogP contribution < -0.4 is 5.32 Å². The maximum atomic E-state index is 12.3. The highest BCUT2D eigenvalue weighted by atomic mass is 32.1. The number of carbonyl (C=O) groups is 2. The topological polar surface area (TPSA) is 96.7 Å². The van der Waals surface area contributed by atoms with Gasteiger partial charge in [0.1, 0.15) is 6.54 Å². The first-order valence-electron chi connectivity index (χ1n) is 10.1. The van der Waals surface area contributed by atoms with Crippen LogP contribution in [0, 0.1) is 0 Å². The number of thiocarbonyl (C=S) groups is 1. The Balaban J connectivity index is 1.79. The SMILES string of the molecule is CCOC(=O)CN1C(=S)N[C@@H](c2ccccn2)[C@H]1c1cccn1-c1cccc(C(=O)O)c1. The Morgan fingerprint density at radius 3 is 2.75 bits per heavy atom. The van der Waals surface area contributed by atoms with Crippen molar-refractivity contribution in [3.8, 4) is 5.69 Å². The van der Waals surface area contributed by atoms with Gasteiger partial charge in [-0.1, -0.05) is 12.1 Å². The second kappa shape index (κ2) is 9.19. The van der Waals surface area contributed by atoms with Crippen LogP contribution in [0.4, 0.5) is 0 Å². The summed E-state index contributed by atoms with van der Waals surface area (Å²) in [5.74, 6) is -1.38. The zero-order chi connectivity index (χ0) is 22.7. The van der Waals surface area contributed by atoms with E-state index >= 15 is 0 Å². The third-order valence-electron chi connectivity index (χ3n) is 5.26. The number of carboxylic acid groups (broad SMARTS) is 1. The van der Waals surface area contributed by atoms with Crippen molar-refractivity contribution >= 4 is 29.3 Å². The largest absolute Gasteiger partial charge is 0.478 e. The average Bonchev–Trinajstić information content (AvgIpc) is 3.39. The minimum Gasteiger partial charge on any atom is -0.478 e. The highest BCUT2D eigenvalue weighted by molar-refractivity contribution is 7.80. The van der Waals surface area contributed by atoms with Crippen molar-refractivity contribution in [1.82, 2.24) is 19.8 Å². The van der Waals surface area contributed by atoms with Gasteiger partial charge in [-0.05, 0) is 61.6 Å². The number of esters is 1. The third kappa shape index (κ3) is 4.19. The molecule has 1 aromatic carbocycles. The lowest BCUT2D eigenvalue weighted by Gasteiger charge is -2.28. The molecule has 32 heavy (non-hydrogen) atoms. The fraction of sp³-hybridized carbons (Fsp3) is 0.217. The summed E-state index contributed by atoms with van der Waals surface area (Å²) >= 11 is 5.58. The summed E-state index contributed by atoms with van der Waals surface area (Å²) in [6, 6.07) is 15.5. The second-order valence-corrected chi connectivity index (χ2v) is 7.60. The Bertz CT molecular complexity index is 1150. The molecule has 0 aliphatic carbocycles. The molecule has 0 amide bonds. The maximum Gasteiger partial charge on any atom is 0.335 e. The lowest BCUT2D eigenvalue weighted by molar-refractivity contribution is -0.143. The molecule has 0 spiro atoms. The van der Waals surface area contributed by atoms with Gasteiger partial charge in [0.2, 0.25) is 0 Å². The van der Waals surface area contributed by atoms with Crippen molar-refractivity contribution in [2.45, 2.75) is 19.0 Å². The number of rotatable bonds is 7. The van der Waals surface area contributed by atoms with Gasteiger partial charge in [0.15, 0.2) is 5.11 Å². The number of ether oxygens (including phenoxy) is 1. The first-order chi connectivity index (χ1) is 15.5. The van der Waals surface area contributed by atoms with Gasteiger partial charge in [0.25, 0.3) is 0 Å². The number of carboxylic acids is 1. The minimum absolute atomic E-state index is 0.0198. The van der Waals surface area contributed by atoms with E-state index in [9.17, 15) is 14.7 Å². The van der Waals surface area contributed by atoms with E-state index in [2.05, 4.69) is 10.3 Å². The Kier molecular flexibility index (Phi) is 6.18. The van der Waals surface area contributed by atoms with E-state index in [1.807, 2.05) is 47.2 Å². The number of pyridine rings is 1. The van der Waals surface area contributed by atoms with Crippen LogP contribution in [-0.2, 0) is 9.53 Å². The van der Waals surface area contributed by atoms with Gasteiger partial charge >= 0.3 is 11.9 Å². The first-order valence-corrected chi connectivity index (χ1v) is 10.5. The molecule has 4 rings (SSSR count). The number of nitrogens with zero attached hydrogens (tertiary/aromatic N) is 3. The lowest BCUT2D eigenvalue weighted by atomic mass is 10.0. The standard InChI is InChI=1S/C23H22N4O4S/c1-2-31-19(28)14-27-21(20(25-23(27)32)17-9-3-4-11-24-17)18-10-6-12-26(18)16-8-5-7-15(13-16)22(29)30/h3-13,20-21H,2,14H2,1H3,(H,25,32)(H,29,30)/t20-,21+/m0/s1. The lowest BCUT2D eigenvalue weighted by Crippen LogP contribution is -2.36. The molecule has 1 aliphatic rings. The van der Waals surface area contributed by atoms with Gasteiger partial charge in [-0.15, -0.1) is 0 Å². The molecule has 2 N–H and O–H groups in total. The Morgan fingerprint density at radius 2 is 2.03 bits per heavy atom. The summed E-state index contributed by atoms with van der Waals surface area (Å²) in [6.45, 7) is 2.01. The Hall–Kier alpha value is -3.72. The summed E-state index contributed by atoms with van der Waals surface area (Å²) in [6.07, 6.45) is 3.57. The van der Waals surface area contributed by atoms with Crippen LogP contribution in [0.25, 0.3) is 5.69 Å². The van der Waals surface area contributed by atoms with Gasteiger partial charge in [-0.25, -0.2) is 4.79 Å². The van der Waals surface area contributed by atoms with Gasteiger partial charge in [0, 0.05) is 23.8 Å². The second-order valence-electron chi connectivity index (χ2n) is 7.22. The molecule has 0 radical (unpaired) electrons. The van der Waals surface area contributed by atoms with Crippen LogP contribution in [0.3, 0.4) is 0 Å². The van der Waals surface area contributed by atoms with Crippen LogP contribution >= 0.6 is 12.2 Å². The quantitative estimate of drug-likeness (QED) is 0.419. The number of aromatic nitrogens is 2. The minimum atomic E-state index is -1.00. The molecule has 3 aromatic rings. The average molecular weight is 451 g/mol. The van der Waals surface area contributed by atoms with Crippen molar-refractivity contribution in [1.29, 1.82) is 0 Å². The maximum absolute atomic E-state index is 12.3. The first kappa shape index (κ1) is 21.5. The zero-order valence-corrected chi connectivity index (χ0v) is 18.2. The van der Waals surface area contributed by atoms with Gasteiger partial charge in [-0.2, -0.15) is 0 Å². The highest BCUT2D eigenvalue weighted by Crippen LogP contribution is 2.39. The van der Waals surface area contributed by atoms with Crippen molar-refractivity contribution in [3.05, 3.63) is 83.9 Å². The van der Waals surface area contributed by atoms with E-state index < -0.39 is 5.97 Å². The normalized spacial score (nSPS) is 17.8. The molecule has 164 valence electrons. The number of benzene rings is 1. The number of carbonyl (C=O) groups excluding carboxylic acids is 1. The van der Waals surface area contributed by atoms with Crippen molar-refractivity contribution < 1.29 is 19.4 Å². The summed E-state index contributed by atoms with van der Waals surface area (Å²) in [4.78, 5) is 30.1. The molecule has 2 atom stereocenters. The van der Waals surface area contributed by atoms with Crippen LogP contribution in [0.1, 0.15) is 40.8 Å². The summed E-state index contributed by atoms with van der Waals surface area (Å²) < 4.78 is 7.06. The monoisotopic (exact) mass is 450 g/mol. The van der Waals surface area contributed by atoms with E-state index in [-0.39, 0.29) is 36.8 Å². The van der Waals surface area contributed by atoms with E-state index in [0.717, 1.165) is 11.4 Å². The predicted molar refractivity (Wildman–Crippen MR) is 122 cm³/mol. The van der Waals surface area contributed by atoms with Crippen molar-refractivity contribution in [3.63, 3.8) is 0 Å². The van der Waals surface area contributed by atoms with E-state index in [0.29, 0.717) is 10.8 Å². The number of hydrogen-bond acceptors (Lipinski definition) is 5. The number of aromatic carboxylic acids is 1. The van der Waals surface area contributed by atoms with Gasteiger partial charge < -0.3 is 24.6 Å². The Morgan fingerprint density at radius 1 is 1.19 bits per heavy atom. The molecule has 1 aliphatic heterocycles. The van der Waals surface area contributed by atoms with Gasteiger partial charge in [-0.3, -0.25) is 9.78 Å². The van der Waals surface area contributed by atoms with E-state index in [1.54, 1.807) is 36.2 Å². The zero-order valence-electron chi connectivity index (χ0n) is 17.3.